The van der Waals surface area contributed by atoms with Crippen LogP contribution in [0.3, 0.4) is 0 Å². The number of ether oxygens (including phenoxy) is 1. The fraction of sp³-hybridized carbons (Fsp3) is 0.600. The summed E-state index contributed by atoms with van der Waals surface area (Å²) >= 11 is 3.39. The van der Waals surface area contributed by atoms with Crippen molar-refractivity contribution in [2.75, 3.05) is 19.7 Å². The average Bonchev–Trinajstić information content (AvgIpc) is 2.36. The van der Waals surface area contributed by atoms with Crippen LogP contribution < -0.4 is 10.1 Å². The van der Waals surface area contributed by atoms with Gasteiger partial charge in [-0.2, -0.15) is 0 Å². The molecular weight excluding hydrogens is 306 g/mol. The second-order valence-electron chi connectivity index (χ2n) is 5.30. The molecule has 19 heavy (non-hydrogen) atoms. The van der Waals surface area contributed by atoms with Gasteiger partial charge in [-0.15, -0.1) is 0 Å². The van der Waals surface area contributed by atoms with Crippen molar-refractivity contribution in [2.24, 2.45) is 11.8 Å². The fourth-order valence-electron chi connectivity index (χ4n) is 1.52. The minimum absolute atomic E-state index is 0.305. The molecule has 0 amide bonds. The quantitative estimate of drug-likeness (QED) is 0.770. The van der Waals surface area contributed by atoms with Crippen molar-refractivity contribution in [3.63, 3.8) is 0 Å². The Balaban J connectivity index is 2.19. The summed E-state index contributed by atoms with van der Waals surface area (Å²) in [5, 5.41) is 13.1. The summed E-state index contributed by atoms with van der Waals surface area (Å²) in [6.45, 7) is 8.41. The largest absolute Gasteiger partial charge is 0.491 e. The van der Waals surface area contributed by atoms with Crippen LogP contribution in [0.15, 0.2) is 28.7 Å². The molecule has 0 aromatic heterocycles. The van der Waals surface area contributed by atoms with Gasteiger partial charge in [0.25, 0.3) is 0 Å². The highest BCUT2D eigenvalue weighted by Crippen LogP contribution is 2.17. The van der Waals surface area contributed by atoms with Crippen molar-refractivity contribution >= 4 is 15.9 Å². The fourth-order valence-corrected chi connectivity index (χ4v) is 1.90. The Morgan fingerprint density at radius 3 is 2.63 bits per heavy atom. The number of hydrogen-bond acceptors (Lipinski definition) is 3. The van der Waals surface area contributed by atoms with Gasteiger partial charge in [-0.3, -0.25) is 0 Å². The van der Waals surface area contributed by atoms with E-state index < -0.39 is 6.10 Å². The first kappa shape index (κ1) is 16.5. The predicted molar refractivity (Wildman–Crippen MR) is 82.5 cm³/mol. The molecule has 0 bridgehead atoms. The van der Waals surface area contributed by atoms with Crippen LogP contribution in [0.2, 0.25) is 0 Å². The minimum Gasteiger partial charge on any atom is -0.491 e. The van der Waals surface area contributed by atoms with Gasteiger partial charge < -0.3 is 15.2 Å². The number of hydrogen-bond donors (Lipinski definition) is 2. The third-order valence-electron chi connectivity index (χ3n) is 3.22. The Bertz CT molecular complexity index is 371. The van der Waals surface area contributed by atoms with Crippen LogP contribution in [0.5, 0.6) is 5.75 Å². The number of rotatable bonds is 8. The molecular formula is C15H24BrNO2. The molecule has 1 rings (SSSR count). The van der Waals surface area contributed by atoms with Gasteiger partial charge in [-0.25, -0.2) is 0 Å². The molecule has 1 aromatic rings. The normalized spacial score (nSPS) is 14.4. The van der Waals surface area contributed by atoms with Crippen LogP contribution >= 0.6 is 15.9 Å². The molecule has 0 saturated heterocycles. The van der Waals surface area contributed by atoms with E-state index in [-0.39, 0.29) is 0 Å². The molecule has 2 unspecified atom stereocenters. The van der Waals surface area contributed by atoms with Crippen LogP contribution in [-0.2, 0) is 0 Å². The molecule has 2 atom stereocenters. The van der Waals surface area contributed by atoms with Gasteiger partial charge in [0.2, 0.25) is 0 Å². The summed E-state index contributed by atoms with van der Waals surface area (Å²) in [5.74, 6) is 2.03. The van der Waals surface area contributed by atoms with Crippen molar-refractivity contribution in [3.05, 3.63) is 28.7 Å². The van der Waals surface area contributed by atoms with Crippen molar-refractivity contribution in [1.29, 1.82) is 0 Å². The summed E-state index contributed by atoms with van der Waals surface area (Å²) in [5.41, 5.74) is 0. The lowest BCUT2D eigenvalue weighted by Gasteiger charge is -2.18. The Morgan fingerprint density at radius 2 is 2.00 bits per heavy atom. The van der Waals surface area contributed by atoms with Crippen LogP contribution in [0, 0.1) is 11.8 Å². The zero-order valence-electron chi connectivity index (χ0n) is 11.9. The van der Waals surface area contributed by atoms with E-state index in [0.717, 1.165) is 16.8 Å². The van der Waals surface area contributed by atoms with Crippen LogP contribution in [0.4, 0.5) is 0 Å². The molecule has 1 aromatic carbocycles. The van der Waals surface area contributed by atoms with Crippen LogP contribution in [0.1, 0.15) is 20.8 Å². The Kier molecular flexibility index (Phi) is 7.42. The van der Waals surface area contributed by atoms with E-state index in [0.29, 0.717) is 25.0 Å². The van der Waals surface area contributed by atoms with E-state index in [2.05, 4.69) is 42.0 Å². The summed E-state index contributed by atoms with van der Waals surface area (Å²) < 4.78 is 6.51. The zero-order chi connectivity index (χ0) is 14.3. The molecule has 0 aliphatic heterocycles. The highest BCUT2D eigenvalue weighted by molar-refractivity contribution is 9.10. The lowest BCUT2D eigenvalue weighted by molar-refractivity contribution is 0.105. The number of aliphatic hydroxyl groups excluding tert-OH is 1. The van der Waals surface area contributed by atoms with Gasteiger partial charge in [0.1, 0.15) is 18.5 Å². The van der Waals surface area contributed by atoms with Gasteiger partial charge in [-0.05, 0) is 36.6 Å². The van der Waals surface area contributed by atoms with Crippen LogP contribution in [-0.4, -0.2) is 30.9 Å². The molecule has 0 saturated carbocycles. The second-order valence-corrected chi connectivity index (χ2v) is 6.22. The van der Waals surface area contributed by atoms with E-state index in [1.165, 1.54) is 0 Å². The van der Waals surface area contributed by atoms with Gasteiger partial charge in [0.05, 0.1) is 0 Å². The van der Waals surface area contributed by atoms with Gasteiger partial charge >= 0.3 is 0 Å². The van der Waals surface area contributed by atoms with Crippen LogP contribution in [0.25, 0.3) is 0 Å². The molecule has 2 N–H and O–H groups in total. The first-order valence-electron chi connectivity index (χ1n) is 6.76. The maximum Gasteiger partial charge on any atom is 0.120 e. The van der Waals surface area contributed by atoms with Crippen molar-refractivity contribution in [2.45, 2.75) is 26.9 Å². The van der Waals surface area contributed by atoms with Gasteiger partial charge in [0, 0.05) is 11.0 Å². The van der Waals surface area contributed by atoms with E-state index >= 15 is 0 Å². The first-order valence-corrected chi connectivity index (χ1v) is 7.55. The van der Waals surface area contributed by atoms with Crippen molar-refractivity contribution in [1.82, 2.24) is 5.32 Å². The summed E-state index contributed by atoms with van der Waals surface area (Å²) in [6.07, 6.45) is -0.488. The second kappa shape index (κ2) is 8.56. The predicted octanol–water partition coefficient (Wildman–Crippen LogP) is 3.07. The highest BCUT2D eigenvalue weighted by atomic mass is 79.9. The molecule has 3 nitrogen and oxygen atoms in total. The summed E-state index contributed by atoms with van der Waals surface area (Å²) in [6, 6.07) is 7.62. The van der Waals surface area contributed by atoms with E-state index in [9.17, 15) is 5.11 Å². The van der Waals surface area contributed by atoms with Gasteiger partial charge in [-0.1, -0.05) is 42.8 Å². The average molecular weight is 330 g/mol. The first-order chi connectivity index (χ1) is 8.99. The standard InChI is InChI=1S/C15H24BrNO2/c1-11(2)12(3)8-17-9-14(18)10-19-15-6-4-5-13(16)7-15/h4-7,11-12,14,17-18H,8-10H2,1-3H3. The molecule has 0 spiro atoms. The lowest BCUT2D eigenvalue weighted by Crippen LogP contribution is -2.34. The Hall–Kier alpha value is -0.580. The molecule has 108 valence electrons. The maximum absolute atomic E-state index is 9.83. The summed E-state index contributed by atoms with van der Waals surface area (Å²) in [7, 11) is 0. The lowest BCUT2D eigenvalue weighted by atomic mass is 9.98. The number of benzene rings is 1. The number of halogens is 1. The SMILES string of the molecule is CC(C)C(C)CNCC(O)COc1cccc(Br)c1. The Labute approximate surface area is 124 Å². The number of nitrogens with one attached hydrogen (secondary N) is 1. The monoisotopic (exact) mass is 329 g/mol. The minimum atomic E-state index is -0.488. The van der Waals surface area contributed by atoms with Crippen molar-refractivity contribution in [3.8, 4) is 5.75 Å². The van der Waals surface area contributed by atoms with E-state index in [4.69, 9.17) is 4.74 Å². The topological polar surface area (TPSA) is 41.5 Å². The molecule has 4 heteroatoms. The van der Waals surface area contributed by atoms with Crippen molar-refractivity contribution < 1.29 is 9.84 Å². The zero-order valence-corrected chi connectivity index (χ0v) is 13.5. The number of aliphatic hydroxyl groups is 1. The summed E-state index contributed by atoms with van der Waals surface area (Å²) in [4.78, 5) is 0. The molecule has 0 aliphatic carbocycles. The third-order valence-corrected chi connectivity index (χ3v) is 3.72. The molecule has 0 fully saturated rings. The molecule has 0 heterocycles. The molecule has 0 aliphatic rings. The molecule has 0 radical (unpaired) electrons. The smallest absolute Gasteiger partial charge is 0.120 e. The van der Waals surface area contributed by atoms with E-state index in [1.54, 1.807) is 0 Å². The Morgan fingerprint density at radius 1 is 1.26 bits per heavy atom. The van der Waals surface area contributed by atoms with E-state index in [1.807, 2.05) is 24.3 Å². The third kappa shape index (κ3) is 6.95. The maximum atomic E-state index is 9.83. The van der Waals surface area contributed by atoms with Gasteiger partial charge in [0.15, 0.2) is 0 Å². The highest BCUT2D eigenvalue weighted by Gasteiger charge is 2.09.